The number of hydrogen-bond acceptors (Lipinski definition) is 5. The molecule has 0 aliphatic heterocycles. The Balaban J connectivity index is 0.00000588. The molecule has 7 N–H and O–H groups in total. The van der Waals surface area contributed by atoms with E-state index in [1.165, 1.54) is 0 Å². The number of ether oxygens (including phenoxy) is 1. The first-order chi connectivity index (χ1) is 19.2. The summed E-state index contributed by atoms with van der Waals surface area (Å²) >= 11 is 0. The molecular formula is C30H39ClN6O4. The largest absolute Gasteiger partial charge is 0.445 e. The summed E-state index contributed by atoms with van der Waals surface area (Å²) in [5.74, 6) is -0.817. The molecule has 0 saturated heterocycles. The van der Waals surface area contributed by atoms with Gasteiger partial charge in [-0.2, -0.15) is 0 Å². The van der Waals surface area contributed by atoms with E-state index in [2.05, 4.69) is 20.9 Å². The van der Waals surface area contributed by atoms with Gasteiger partial charge in [0.25, 0.3) is 0 Å². The molecule has 3 amide bonds. The van der Waals surface area contributed by atoms with Gasteiger partial charge >= 0.3 is 6.09 Å². The van der Waals surface area contributed by atoms with E-state index >= 15 is 0 Å². The third kappa shape index (κ3) is 11.4. The predicted molar refractivity (Wildman–Crippen MR) is 165 cm³/mol. The van der Waals surface area contributed by atoms with Crippen molar-refractivity contribution in [1.29, 1.82) is 0 Å². The maximum Gasteiger partial charge on any atom is 0.408 e. The summed E-state index contributed by atoms with van der Waals surface area (Å²) in [6.45, 7) is 4.26. The Morgan fingerprint density at radius 3 is 2.22 bits per heavy atom. The van der Waals surface area contributed by atoms with Crippen LogP contribution >= 0.6 is 12.4 Å². The summed E-state index contributed by atoms with van der Waals surface area (Å²) in [6.07, 6.45) is 0.387. The Morgan fingerprint density at radius 2 is 1.54 bits per heavy atom. The molecule has 0 heterocycles. The Kier molecular flexibility index (Phi) is 13.4. The highest BCUT2D eigenvalue weighted by Gasteiger charge is 2.28. The number of benzene rings is 3. The predicted octanol–water partition coefficient (Wildman–Crippen LogP) is 4.08. The summed E-state index contributed by atoms with van der Waals surface area (Å²) in [5, 5.41) is 10.4. The van der Waals surface area contributed by atoms with E-state index in [0.29, 0.717) is 25.1 Å². The minimum atomic E-state index is -0.892. The van der Waals surface area contributed by atoms with Crippen LogP contribution in [0, 0.1) is 5.92 Å². The summed E-state index contributed by atoms with van der Waals surface area (Å²) in [5.41, 5.74) is 12.3. The molecule has 3 aromatic carbocycles. The number of amides is 3. The fourth-order valence-electron chi connectivity index (χ4n) is 4.15. The van der Waals surface area contributed by atoms with E-state index in [1.807, 2.05) is 86.6 Å². The number of fused-ring (bicyclic) bond motifs is 1. The van der Waals surface area contributed by atoms with Crippen LogP contribution in [0.3, 0.4) is 0 Å². The average Bonchev–Trinajstić information content (AvgIpc) is 2.93. The van der Waals surface area contributed by atoms with Gasteiger partial charge in [0.05, 0.1) is 0 Å². The lowest BCUT2D eigenvalue weighted by Gasteiger charge is -2.24. The second kappa shape index (κ2) is 16.7. The van der Waals surface area contributed by atoms with Crippen molar-refractivity contribution < 1.29 is 19.1 Å². The Morgan fingerprint density at radius 1 is 0.854 bits per heavy atom. The smallest absolute Gasteiger partial charge is 0.408 e. The van der Waals surface area contributed by atoms with Gasteiger partial charge in [-0.15, -0.1) is 12.4 Å². The molecule has 0 saturated carbocycles. The van der Waals surface area contributed by atoms with Gasteiger partial charge in [0, 0.05) is 12.2 Å². The van der Waals surface area contributed by atoms with E-state index in [9.17, 15) is 14.4 Å². The Hall–Kier alpha value is -4.31. The standard InChI is InChI=1S/C30H38N6O4.ClH/c1-20(2)17-26(36-30(39)40-19-21-9-4-3-5-10-21)28(38)35-25(13-8-16-33-29(31)32)27(37)34-24-15-14-22-11-6-7-12-23(22)18-24;/h3-7,9-12,14-15,18,20,25-26H,8,13,16-17,19H2,1-2H3,(H,34,37)(H,35,38)(H,36,39)(H4,31,32,33);1H/t25-,26-;/m0./s1. The number of rotatable bonds is 13. The highest BCUT2D eigenvalue weighted by molar-refractivity contribution is 5.99. The molecule has 0 spiro atoms. The second-order valence-corrected chi connectivity index (χ2v) is 9.95. The van der Waals surface area contributed by atoms with Crippen LogP contribution in [-0.4, -0.2) is 42.5 Å². The molecule has 0 fully saturated rings. The molecule has 0 unspecified atom stereocenters. The van der Waals surface area contributed by atoms with Crippen molar-refractivity contribution in [3.63, 3.8) is 0 Å². The summed E-state index contributed by atoms with van der Waals surface area (Å²) in [7, 11) is 0. The van der Waals surface area contributed by atoms with Crippen LogP contribution in [-0.2, 0) is 20.9 Å². The molecule has 3 rings (SSSR count). The van der Waals surface area contributed by atoms with E-state index in [-0.39, 0.29) is 43.2 Å². The van der Waals surface area contributed by atoms with Crippen LogP contribution in [0.5, 0.6) is 0 Å². The lowest BCUT2D eigenvalue weighted by molar-refractivity contribution is -0.128. The summed E-state index contributed by atoms with van der Waals surface area (Å²) < 4.78 is 5.31. The zero-order valence-corrected chi connectivity index (χ0v) is 24.2. The van der Waals surface area contributed by atoms with Crippen molar-refractivity contribution in [3.05, 3.63) is 78.4 Å². The van der Waals surface area contributed by atoms with Crippen molar-refractivity contribution in [2.45, 2.75) is 51.8 Å². The van der Waals surface area contributed by atoms with Gasteiger partial charge in [0.2, 0.25) is 11.8 Å². The third-order valence-electron chi connectivity index (χ3n) is 6.12. The Labute approximate surface area is 246 Å². The van der Waals surface area contributed by atoms with Crippen molar-refractivity contribution >= 4 is 52.7 Å². The fraction of sp³-hybridized carbons (Fsp3) is 0.333. The first-order valence-electron chi connectivity index (χ1n) is 13.3. The third-order valence-corrected chi connectivity index (χ3v) is 6.12. The van der Waals surface area contributed by atoms with Crippen LogP contribution in [0.2, 0.25) is 0 Å². The molecule has 0 aliphatic rings. The average molecular weight is 583 g/mol. The van der Waals surface area contributed by atoms with Crippen molar-refractivity contribution in [2.75, 3.05) is 11.9 Å². The molecule has 2 atom stereocenters. The zero-order valence-electron chi connectivity index (χ0n) is 23.3. The number of hydrogen-bond donors (Lipinski definition) is 5. The normalized spacial score (nSPS) is 12.0. The van der Waals surface area contributed by atoms with Crippen LogP contribution in [0.1, 0.15) is 38.7 Å². The number of alkyl carbamates (subject to hydrolysis) is 1. The molecule has 41 heavy (non-hydrogen) atoms. The number of carbonyl (C=O) groups is 3. The van der Waals surface area contributed by atoms with E-state index in [4.69, 9.17) is 16.2 Å². The van der Waals surface area contributed by atoms with Gasteiger partial charge in [-0.25, -0.2) is 4.79 Å². The molecule has 10 nitrogen and oxygen atoms in total. The van der Waals surface area contributed by atoms with Gasteiger partial charge in [-0.1, -0.05) is 74.5 Å². The number of nitrogens with zero attached hydrogens (tertiary/aromatic N) is 1. The maximum absolute atomic E-state index is 13.3. The second-order valence-electron chi connectivity index (χ2n) is 9.95. The fourth-order valence-corrected chi connectivity index (χ4v) is 4.15. The van der Waals surface area contributed by atoms with Crippen LogP contribution in [0.15, 0.2) is 77.8 Å². The quantitative estimate of drug-likeness (QED) is 0.116. The van der Waals surface area contributed by atoms with Gasteiger partial charge < -0.3 is 32.2 Å². The number of carbonyl (C=O) groups excluding carboxylic acids is 3. The maximum atomic E-state index is 13.3. The first kappa shape index (κ1) is 32.9. The number of nitrogens with two attached hydrogens (primary N) is 2. The SMILES string of the molecule is CC(C)C[C@H](NC(=O)OCc1ccccc1)C(=O)N[C@@H](CCCN=C(N)N)C(=O)Nc1ccc2ccccc2c1.Cl. The number of aliphatic imine (C=N–C) groups is 1. The lowest BCUT2D eigenvalue weighted by atomic mass is 10.0. The lowest BCUT2D eigenvalue weighted by Crippen LogP contribution is -2.53. The monoisotopic (exact) mass is 582 g/mol. The minimum absolute atomic E-state index is 0. The molecule has 0 bridgehead atoms. The van der Waals surface area contributed by atoms with Crippen molar-refractivity contribution in [3.8, 4) is 0 Å². The molecule has 0 radical (unpaired) electrons. The molecule has 11 heteroatoms. The minimum Gasteiger partial charge on any atom is -0.445 e. The van der Waals surface area contributed by atoms with Crippen molar-refractivity contribution in [1.82, 2.24) is 10.6 Å². The first-order valence-corrected chi connectivity index (χ1v) is 13.3. The number of halogens is 1. The molecule has 220 valence electrons. The number of anilines is 1. The van der Waals surface area contributed by atoms with E-state index < -0.39 is 24.1 Å². The van der Waals surface area contributed by atoms with Crippen LogP contribution in [0.4, 0.5) is 10.5 Å². The Bertz CT molecular complexity index is 1310. The number of guanidine groups is 1. The van der Waals surface area contributed by atoms with E-state index in [1.54, 1.807) is 0 Å². The van der Waals surface area contributed by atoms with Gasteiger partial charge in [-0.3, -0.25) is 14.6 Å². The summed E-state index contributed by atoms with van der Waals surface area (Å²) in [6, 6.07) is 20.9. The highest BCUT2D eigenvalue weighted by Crippen LogP contribution is 2.19. The molecular weight excluding hydrogens is 544 g/mol. The number of nitrogens with one attached hydrogen (secondary N) is 3. The van der Waals surface area contributed by atoms with Gasteiger partial charge in [-0.05, 0) is 53.6 Å². The van der Waals surface area contributed by atoms with Crippen molar-refractivity contribution in [2.24, 2.45) is 22.4 Å². The van der Waals surface area contributed by atoms with Crippen LogP contribution in [0.25, 0.3) is 10.8 Å². The van der Waals surface area contributed by atoms with Gasteiger partial charge in [0.1, 0.15) is 18.7 Å². The van der Waals surface area contributed by atoms with E-state index in [0.717, 1.165) is 16.3 Å². The zero-order chi connectivity index (χ0) is 28.9. The molecule has 3 aromatic rings. The van der Waals surface area contributed by atoms with Crippen LogP contribution < -0.4 is 27.4 Å². The van der Waals surface area contributed by atoms with Gasteiger partial charge in [0.15, 0.2) is 5.96 Å². The molecule has 0 aliphatic carbocycles. The summed E-state index contributed by atoms with van der Waals surface area (Å²) in [4.78, 5) is 43.1. The molecule has 0 aromatic heterocycles. The topological polar surface area (TPSA) is 161 Å². The highest BCUT2D eigenvalue weighted by atomic mass is 35.5.